The molecule has 1 N–H and O–H groups in total. The van der Waals surface area contributed by atoms with E-state index >= 15 is 0 Å². The van der Waals surface area contributed by atoms with Gasteiger partial charge in [-0.15, -0.1) is 0 Å². The largest absolute Gasteiger partial charge is 0.383 e. The highest BCUT2D eigenvalue weighted by Crippen LogP contribution is 2.32. The van der Waals surface area contributed by atoms with E-state index in [2.05, 4.69) is 10.3 Å². The summed E-state index contributed by atoms with van der Waals surface area (Å²) in [5.41, 5.74) is 1.54. The number of nitrogens with zero attached hydrogens (tertiary/aromatic N) is 5. The summed E-state index contributed by atoms with van der Waals surface area (Å²) in [4.78, 5) is 36.9. The van der Waals surface area contributed by atoms with Crippen LogP contribution < -0.4 is 10.9 Å². The van der Waals surface area contributed by atoms with Crippen LogP contribution in [-0.2, 0) is 16.1 Å². The molecule has 1 saturated heterocycles. The van der Waals surface area contributed by atoms with Crippen LogP contribution in [0.15, 0.2) is 46.8 Å². The number of thioether (sulfide) groups is 1. The molecule has 1 amide bonds. The van der Waals surface area contributed by atoms with Crippen molar-refractivity contribution in [3.05, 3.63) is 63.4 Å². The lowest BCUT2D eigenvalue weighted by Crippen LogP contribution is -2.31. The number of fused-ring (bicyclic) bond motifs is 1. The van der Waals surface area contributed by atoms with Gasteiger partial charge in [0.25, 0.3) is 11.5 Å². The molecule has 0 saturated carbocycles. The van der Waals surface area contributed by atoms with Gasteiger partial charge in [-0.25, -0.2) is 9.97 Å². The molecule has 0 atom stereocenters. The number of aromatic nitrogens is 4. The van der Waals surface area contributed by atoms with Crippen molar-refractivity contribution < 1.29 is 9.53 Å². The molecule has 33 heavy (non-hydrogen) atoms. The number of methoxy groups -OCH3 is 1. The quantitative estimate of drug-likeness (QED) is 0.281. The Labute approximate surface area is 200 Å². The predicted octanol–water partition coefficient (Wildman–Crippen LogP) is 2.55. The van der Waals surface area contributed by atoms with Gasteiger partial charge >= 0.3 is 0 Å². The summed E-state index contributed by atoms with van der Waals surface area (Å²) in [6.07, 6.45) is 9.49. The first-order chi connectivity index (χ1) is 16.0. The number of nitrogens with one attached hydrogen (secondary N) is 1. The Bertz CT molecular complexity index is 1270. The number of carbonyl (C=O) groups excluding carboxylic acids is 1. The second-order valence-corrected chi connectivity index (χ2v) is 9.15. The highest BCUT2D eigenvalue weighted by molar-refractivity contribution is 8.26. The molecular formula is C22H24N6O3S2. The van der Waals surface area contributed by atoms with Gasteiger partial charge in [0, 0.05) is 38.8 Å². The topological polar surface area (TPSA) is 93.8 Å². The van der Waals surface area contributed by atoms with Crippen LogP contribution in [0.4, 0.5) is 5.82 Å². The van der Waals surface area contributed by atoms with Crippen LogP contribution >= 0.6 is 24.0 Å². The fourth-order valence-electron chi connectivity index (χ4n) is 3.47. The van der Waals surface area contributed by atoms with Crippen LogP contribution in [-0.4, -0.2) is 60.9 Å². The number of thiocarbonyl (C=S) groups is 1. The molecule has 172 valence electrons. The summed E-state index contributed by atoms with van der Waals surface area (Å²) in [6, 6.07) is 3.71. The summed E-state index contributed by atoms with van der Waals surface area (Å²) >= 11 is 6.54. The molecule has 0 radical (unpaired) electrons. The van der Waals surface area contributed by atoms with Gasteiger partial charge in [0.15, 0.2) is 0 Å². The third-order valence-electron chi connectivity index (χ3n) is 5.20. The number of pyridine rings is 1. The van der Waals surface area contributed by atoms with Gasteiger partial charge in [-0.05, 0) is 31.1 Å². The highest BCUT2D eigenvalue weighted by Gasteiger charge is 2.32. The van der Waals surface area contributed by atoms with Crippen molar-refractivity contribution in [3.8, 4) is 0 Å². The van der Waals surface area contributed by atoms with Gasteiger partial charge in [-0.3, -0.25) is 18.9 Å². The zero-order valence-corrected chi connectivity index (χ0v) is 20.0. The molecule has 1 aliphatic rings. The van der Waals surface area contributed by atoms with E-state index in [0.717, 1.165) is 18.5 Å². The van der Waals surface area contributed by atoms with Crippen molar-refractivity contribution in [2.24, 2.45) is 0 Å². The fourth-order valence-corrected chi connectivity index (χ4v) is 4.76. The first kappa shape index (κ1) is 23.1. The van der Waals surface area contributed by atoms with Gasteiger partial charge < -0.3 is 14.6 Å². The zero-order chi connectivity index (χ0) is 23.4. The van der Waals surface area contributed by atoms with E-state index in [-0.39, 0.29) is 11.5 Å². The number of anilines is 1. The van der Waals surface area contributed by atoms with Crippen LogP contribution in [0.5, 0.6) is 0 Å². The average molecular weight is 485 g/mol. The standard InChI is InChI=1S/C22H24N6O3S2/c1-15-5-3-9-27-19(15)25-18(24-6-4-8-26-10-7-23-14-26)16(20(27)29)13-17-21(30)28(11-12-31-2)22(32)33-17/h3,5,7,9-10,13-14,24H,4,6,8,11-12H2,1-2H3/b17-13-. The molecule has 4 rings (SSSR count). The van der Waals surface area contributed by atoms with Crippen LogP contribution in [0.3, 0.4) is 0 Å². The molecule has 3 aromatic heterocycles. The molecule has 3 aromatic rings. The molecule has 0 bridgehead atoms. The summed E-state index contributed by atoms with van der Waals surface area (Å²) in [5, 5.41) is 3.29. The summed E-state index contributed by atoms with van der Waals surface area (Å²) in [6.45, 7) is 4.04. The second kappa shape index (κ2) is 10.3. The molecule has 0 aliphatic carbocycles. The van der Waals surface area contributed by atoms with Crippen LogP contribution in [0, 0.1) is 6.92 Å². The van der Waals surface area contributed by atoms with E-state index in [4.69, 9.17) is 21.9 Å². The summed E-state index contributed by atoms with van der Waals surface area (Å²) in [7, 11) is 1.57. The van der Waals surface area contributed by atoms with Crippen LogP contribution in [0.1, 0.15) is 17.5 Å². The van der Waals surface area contributed by atoms with Gasteiger partial charge in [0.05, 0.1) is 29.9 Å². The predicted molar refractivity (Wildman–Crippen MR) is 133 cm³/mol. The Kier molecular flexibility index (Phi) is 7.21. The number of carbonyl (C=O) groups is 1. The third-order valence-corrected chi connectivity index (χ3v) is 6.57. The Balaban J connectivity index is 1.66. The van der Waals surface area contributed by atoms with Crippen molar-refractivity contribution in [1.82, 2.24) is 23.8 Å². The molecule has 11 heteroatoms. The van der Waals surface area contributed by atoms with Crippen molar-refractivity contribution in [2.45, 2.75) is 19.9 Å². The summed E-state index contributed by atoms with van der Waals surface area (Å²) in [5.74, 6) is 0.212. The zero-order valence-electron chi connectivity index (χ0n) is 18.4. The van der Waals surface area contributed by atoms with Gasteiger partial charge in [-0.2, -0.15) is 0 Å². The minimum absolute atomic E-state index is 0.234. The summed E-state index contributed by atoms with van der Waals surface area (Å²) < 4.78 is 9.01. The number of hydrogen-bond acceptors (Lipinski definition) is 8. The van der Waals surface area contributed by atoms with Gasteiger partial charge in [0.1, 0.15) is 15.8 Å². The monoisotopic (exact) mass is 484 g/mol. The van der Waals surface area contributed by atoms with Gasteiger partial charge in [0.2, 0.25) is 0 Å². The number of imidazole rings is 1. The first-order valence-corrected chi connectivity index (χ1v) is 11.7. The number of ether oxygens (including phenoxy) is 1. The normalized spacial score (nSPS) is 15.2. The Morgan fingerprint density at radius 2 is 2.12 bits per heavy atom. The Hall–Kier alpha value is -3.02. The molecule has 1 aliphatic heterocycles. The fraction of sp³-hybridized carbons (Fsp3) is 0.318. The highest BCUT2D eigenvalue weighted by atomic mass is 32.2. The lowest BCUT2D eigenvalue weighted by molar-refractivity contribution is -0.122. The molecule has 4 heterocycles. The number of rotatable bonds is 9. The minimum Gasteiger partial charge on any atom is -0.383 e. The van der Waals surface area contributed by atoms with Crippen molar-refractivity contribution in [3.63, 3.8) is 0 Å². The maximum atomic E-state index is 13.4. The van der Waals surface area contributed by atoms with E-state index in [1.807, 2.05) is 23.8 Å². The van der Waals surface area contributed by atoms with Crippen molar-refractivity contribution >= 4 is 51.7 Å². The lowest BCUT2D eigenvalue weighted by atomic mass is 10.2. The number of aryl methyl sites for hydroxylation is 2. The lowest BCUT2D eigenvalue weighted by Gasteiger charge is -2.13. The molecule has 9 nitrogen and oxygen atoms in total. The SMILES string of the molecule is COCCN1C(=O)/C(=C/c2c(NCCCn3ccnc3)nc3c(C)cccn3c2=O)SC1=S. The average Bonchev–Trinajstić information content (AvgIpc) is 3.41. The van der Waals surface area contributed by atoms with Crippen LogP contribution in [0.2, 0.25) is 0 Å². The van der Waals surface area contributed by atoms with E-state index < -0.39 is 0 Å². The smallest absolute Gasteiger partial charge is 0.267 e. The molecule has 0 spiro atoms. The number of hydrogen-bond donors (Lipinski definition) is 1. The van der Waals surface area contributed by atoms with E-state index in [9.17, 15) is 9.59 Å². The van der Waals surface area contributed by atoms with Gasteiger partial charge in [-0.1, -0.05) is 30.0 Å². The molecular weight excluding hydrogens is 460 g/mol. The van der Waals surface area contributed by atoms with E-state index in [0.29, 0.717) is 46.0 Å². The second-order valence-electron chi connectivity index (χ2n) is 7.47. The van der Waals surface area contributed by atoms with E-state index in [1.54, 1.807) is 38.0 Å². The third kappa shape index (κ3) is 5.00. The molecule has 0 aromatic carbocycles. The van der Waals surface area contributed by atoms with Crippen LogP contribution in [0.25, 0.3) is 11.7 Å². The van der Waals surface area contributed by atoms with Crippen molar-refractivity contribution in [2.75, 3.05) is 32.1 Å². The maximum absolute atomic E-state index is 13.4. The maximum Gasteiger partial charge on any atom is 0.267 e. The first-order valence-electron chi connectivity index (χ1n) is 10.5. The molecule has 0 unspecified atom stereocenters. The Morgan fingerprint density at radius 3 is 2.88 bits per heavy atom. The number of amides is 1. The molecule has 1 fully saturated rings. The Morgan fingerprint density at radius 1 is 1.27 bits per heavy atom. The van der Waals surface area contributed by atoms with Crippen molar-refractivity contribution in [1.29, 1.82) is 0 Å². The van der Waals surface area contributed by atoms with E-state index in [1.165, 1.54) is 21.1 Å². The minimum atomic E-state index is -0.247.